The first-order valence-electron chi connectivity index (χ1n) is 11.2. The van der Waals surface area contributed by atoms with Crippen LogP contribution in [0.25, 0.3) is 27.9 Å². The second-order valence-corrected chi connectivity index (χ2v) is 10.0. The molecule has 0 bridgehead atoms. The highest BCUT2D eigenvalue weighted by Gasteiger charge is 2.27. The number of fused-ring (bicyclic) bond motifs is 1. The largest absolute Gasteiger partial charge is 0.477 e. The topological polar surface area (TPSA) is 58.5 Å². The van der Waals surface area contributed by atoms with Gasteiger partial charge in [0.05, 0.1) is 16.1 Å². The van der Waals surface area contributed by atoms with Gasteiger partial charge in [-0.2, -0.15) is 8.97 Å². The Morgan fingerprint density at radius 2 is 1.76 bits per heavy atom. The van der Waals surface area contributed by atoms with Gasteiger partial charge in [-0.3, -0.25) is 0 Å². The Hall–Kier alpha value is -3.77. The van der Waals surface area contributed by atoms with E-state index in [9.17, 15) is 9.90 Å². The Morgan fingerprint density at radius 1 is 0.971 bits per heavy atom. The molecule has 0 atom stereocenters. The third kappa shape index (κ3) is 3.80. The number of aryl methyl sites for hydroxylation is 4. The summed E-state index contributed by atoms with van der Waals surface area (Å²) >= 11 is 1.58. The first-order valence-corrected chi connectivity index (χ1v) is 12.0. The minimum Gasteiger partial charge on any atom is -0.477 e. The number of nitrogens with zero attached hydrogens (tertiary/aromatic N) is 3. The van der Waals surface area contributed by atoms with Gasteiger partial charge in [0.1, 0.15) is 6.54 Å². The molecule has 0 aliphatic carbocycles. The Kier molecular flexibility index (Phi) is 5.54. The molecule has 0 aliphatic rings. The van der Waals surface area contributed by atoms with E-state index in [0.29, 0.717) is 17.8 Å². The van der Waals surface area contributed by atoms with Gasteiger partial charge in [-0.15, -0.1) is 11.3 Å². The molecule has 5 nitrogen and oxygen atoms in total. The molecule has 0 saturated heterocycles. The summed E-state index contributed by atoms with van der Waals surface area (Å²) < 4.78 is 3.44. The molecule has 0 saturated carbocycles. The van der Waals surface area contributed by atoms with Crippen LogP contribution in [-0.4, -0.2) is 14.5 Å². The van der Waals surface area contributed by atoms with E-state index in [-0.39, 0.29) is 17.0 Å². The van der Waals surface area contributed by atoms with Crippen LogP contribution in [0.4, 0.5) is 0 Å². The van der Waals surface area contributed by atoms with Gasteiger partial charge in [-0.05, 0) is 68.1 Å². The summed E-state index contributed by atoms with van der Waals surface area (Å²) in [6.45, 7) is 8.50. The standard InChI is InChI=1S/C28H25N3O2S/c1-17-10-11-24(19(3)13-17)21-8-5-9-22(14-21)25-27(32)30-12-6-7-18(2)26(30)31(28(25)33)16-23-15-29-20(4)34-23/h5-15H,16H2,1-4H3/p+1. The first-order chi connectivity index (χ1) is 16.3. The van der Waals surface area contributed by atoms with E-state index < -0.39 is 0 Å². The Morgan fingerprint density at radius 3 is 2.50 bits per heavy atom. The summed E-state index contributed by atoms with van der Waals surface area (Å²) in [6.07, 6.45) is 3.59. The average molecular weight is 469 g/mol. The molecule has 0 aliphatic heterocycles. The van der Waals surface area contributed by atoms with Crippen LogP contribution in [0.1, 0.15) is 26.6 Å². The zero-order chi connectivity index (χ0) is 24.0. The molecule has 0 fully saturated rings. The molecular formula is C28H26N3O2S+. The summed E-state index contributed by atoms with van der Waals surface area (Å²) in [5, 5.41) is 12.5. The molecule has 3 aromatic heterocycles. The van der Waals surface area contributed by atoms with E-state index in [0.717, 1.165) is 26.6 Å². The van der Waals surface area contributed by atoms with Gasteiger partial charge in [-0.25, -0.2) is 9.78 Å². The molecule has 5 rings (SSSR count). The number of aromatic nitrogens is 3. The third-order valence-electron chi connectivity index (χ3n) is 6.16. The van der Waals surface area contributed by atoms with Gasteiger partial charge in [0.15, 0.2) is 5.56 Å². The van der Waals surface area contributed by atoms with Gasteiger partial charge in [0.25, 0.3) is 11.5 Å². The molecule has 0 spiro atoms. The Bertz CT molecular complexity index is 1610. The predicted molar refractivity (Wildman–Crippen MR) is 137 cm³/mol. The van der Waals surface area contributed by atoms with E-state index >= 15 is 0 Å². The van der Waals surface area contributed by atoms with Crippen LogP contribution in [0.3, 0.4) is 0 Å². The molecular weight excluding hydrogens is 442 g/mol. The summed E-state index contributed by atoms with van der Waals surface area (Å²) in [6, 6.07) is 18.0. The maximum absolute atomic E-state index is 13.7. The average Bonchev–Trinajstić information content (AvgIpc) is 3.22. The van der Waals surface area contributed by atoms with Gasteiger partial charge < -0.3 is 5.11 Å². The molecule has 3 heterocycles. The molecule has 170 valence electrons. The number of hydrogen-bond donors (Lipinski definition) is 1. The Balaban J connectivity index is 1.76. The minimum absolute atomic E-state index is 0.0388. The zero-order valence-corrected chi connectivity index (χ0v) is 20.5. The number of thiazole rings is 1. The number of benzene rings is 2. The molecule has 5 aromatic rings. The second-order valence-electron chi connectivity index (χ2n) is 8.72. The number of hydrogen-bond acceptors (Lipinski definition) is 4. The smallest absolute Gasteiger partial charge is 0.354 e. The maximum atomic E-state index is 13.7. The maximum Gasteiger partial charge on any atom is 0.354 e. The highest BCUT2D eigenvalue weighted by Crippen LogP contribution is 2.31. The van der Waals surface area contributed by atoms with Crippen LogP contribution in [0.5, 0.6) is 5.88 Å². The van der Waals surface area contributed by atoms with E-state index in [1.165, 1.54) is 11.1 Å². The van der Waals surface area contributed by atoms with Crippen molar-refractivity contribution < 1.29 is 9.67 Å². The quantitative estimate of drug-likeness (QED) is 0.361. The summed E-state index contributed by atoms with van der Waals surface area (Å²) in [5.74, 6) is -0.0388. The van der Waals surface area contributed by atoms with Crippen LogP contribution < -0.4 is 10.1 Å². The molecule has 6 heteroatoms. The van der Waals surface area contributed by atoms with Crippen molar-refractivity contribution in [2.45, 2.75) is 34.2 Å². The lowest BCUT2D eigenvalue weighted by Gasteiger charge is -2.12. The molecule has 0 unspecified atom stereocenters. The van der Waals surface area contributed by atoms with E-state index in [1.54, 1.807) is 21.9 Å². The van der Waals surface area contributed by atoms with Crippen LogP contribution in [-0.2, 0) is 6.54 Å². The van der Waals surface area contributed by atoms with Crippen molar-refractivity contribution in [3.05, 3.63) is 104 Å². The van der Waals surface area contributed by atoms with Gasteiger partial charge in [0.2, 0.25) is 0 Å². The van der Waals surface area contributed by atoms with Gasteiger partial charge in [0, 0.05) is 11.8 Å². The van der Waals surface area contributed by atoms with Crippen LogP contribution in [0.2, 0.25) is 0 Å². The van der Waals surface area contributed by atoms with Crippen molar-refractivity contribution >= 4 is 17.0 Å². The fourth-order valence-electron chi connectivity index (χ4n) is 4.58. The zero-order valence-electron chi connectivity index (χ0n) is 19.7. The third-order valence-corrected chi connectivity index (χ3v) is 7.05. The van der Waals surface area contributed by atoms with Crippen molar-refractivity contribution in [1.29, 1.82) is 0 Å². The van der Waals surface area contributed by atoms with Crippen LogP contribution in [0.15, 0.2) is 71.8 Å². The number of pyridine rings is 1. The predicted octanol–water partition coefficient (Wildman–Crippen LogP) is 5.37. The molecule has 0 amide bonds. The van der Waals surface area contributed by atoms with Gasteiger partial charge >= 0.3 is 5.56 Å². The number of aromatic hydroxyl groups is 1. The highest BCUT2D eigenvalue weighted by molar-refractivity contribution is 7.11. The summed E-state index contributed by atoms with van der Waals surface area (Å²) in [4.78, 5) is 19.0. The monoisotopic (exact) mass is 468 g/mol. The lowest BCUT2D eigenvalue weighted by atomic mass is 9.96. The molecule has 34 heavy (non-hydrogen) atoms. The number of rotatable bonds is 4. The van der Waals surface area contributed by atoms with E-state index in [1.807, 2.05) is 61.0 Å². The van der Waals surface area contributed by atoms with Crippen molar-refractivity contribution in [2.24, 2.45) is 0 Å². The summed E-state index contributed by atoms with van der Waals surface area (Å²) in [5.41, 5.74) is 6.80. The lowest BCUT2D eigenvalue weighted by Crippen LogP contribution is -2.41. The van der Waals surface area contributed by atoms with Gasteiger partial charge in [-0.1, -0.05) is 42.0 Å². The fraction of sp³-hybridized carbons (Fsp3) is 0.179. The lowest BCUT2D eigenvalue weighted by molar-refractivity contribution is -0.671. The van der Waals surface area contributed by atoms with Crippen LogP contribution >= 0.6 is 11.3 Å². The second kappa shape index (κ2) is 8.54. The van der Waals surface area contributed by atoms with Crippen molar-refractivity contribution in [1.82, 2.24) is 9.38 Å². The SMILES string of the molecule is Cc1ccc(-c2cccc(-c3c(O)[n+](Cc4cnc(C)s4)c4c(C)cccn4c3=O)c2)c(C)c1. The van der Waals surface area contributed by atoms with Crippen molar-refractivity contribution in [3.63, 3.8) is 0 Å². The van der Waals surface area contributed by atoms with Crippen molar-refractivity contribution in [2.75, 3.05) is 0 Å². The fourth-order valence-corrected chi connectivity index (χ4v) is 5.37. The van der Waals surface area contributed by atoms with Crippen molar-refractivity contribution in [3.8, 4) is 28.1 Å². The van der Waals surface area contributed by atoms with E-state index in [2.05, 4.69) is 37.0 Å². The first kappa shape index (κ1) is 22.0. The van der Waals surface area contributed by atoms with Crippen LogP contribution in [0, 0.1) is 27.7 Å². The normalized spacial score (nSPS) is 11.3. The minimum atomic E-state index is -0.245. The molecule has 1 N–H and O–H groups in total. The molecule has 2 aromatic carbocycles. The Labute approximate surface area is 202 Å². The molecule has 0 radical (unpaired) electrons. The summed E-state index contributed by atoms with van der Waals surface area (Å²) in [7, 11) is 0. The highest BCUT2D eigenvalue weighted by atomic mass is 32.1. The van der Waals surface area contributed by atoms with E-state index in [4.69, 9.17) is 0 Å².